The molecule has 1 aliphatic carbocycles. The van der Waals surface area contributed by atoms with Gasteiger partial charge in [-0.3, -0.25) is 4.79 Å². The normalized spacial score (nSPS) is 24.8. The van der Waals surface area contributed by atoms with Crippen LogP contribution in [0.15, 0.2) is 24.3 Å². The number of ether oxygens (including phenoxy) is 1. The van der Waals surface area contributed by atoms with Crippen LogP contribution in [0, 0.1) is 5.92 Å². The second kappa shape index (κ2) is 7.21. The van der Waals surface area contributed by atoms with E-state index >= 15 is 0 Å². The Labute approximate surface area is 137 Å². The Morgan fingerprint density at radius 1 is 1.22 bits per heavy atom. The standard InChI is InChI=1S/C18H26N2O3/c1-2-23-17-9-4-3-7-15(17)19-10-12-20(13-11-19)18(22)14-6-5-8-16(14)21/h3-4,7,9,14,16,21H,2,5-6,8,10-13H2,1H3. The number of carbonyl (C=O) groups excluding carboxylic acids is 1. The molecule has 0 bridgehead atoms. The van der Waals surface area contributed by atoms with Crippen LogP contribution < -0.4 is 9.64 Å². The summed E-state index contributed by atoms with van der Waals surface area (Å²) < 4.78 is 5.70. The first kappa shape index (κ1) is 16.1. The molecule has 0 aromatic heterocycles. The molecule has 1 saturated carbocycles. The molecule has 5 nitrogen and oxygen atoms in total. The van der Waals surface area contributed by atoms with Crippen LogP contribution in [0.2, 0.25) is 0 Å². The van der Waals surface area contributed by atoms with Crippen molar-refractivity contribution in [2.24, 2.45) is 5.92 Å². The van der Waals surface area contributed by atoms with Gasteiger partial charge in [-0.1, -0.05) is 12.1 Å². The van der Waals surface area contributed by atoms with E-state index in [1.54, 1.807) is 0 Å². The second-order valence-corrected chi connectivity index (χ2v) is 6.32. The third-order valence-corrected chi connectivity index (χ3v) is 4.89. The molecule has 2 aliphatic rings. The SMILES string of the molecule is CCOc1ccccc1N1CCN(C(=O)C2CCCC2O)CC1. The summed E-state index contributed by atoms with van der Waals surface area (Å²) in [5, 5.41) is 9.94. The zero-order valence-corrected chi connectivity index (χ0v) is 13.8. The third-order valence-electron chi connectivity index (χ3n) is 4.89. The van der Waals surface area contributed by atoms with Gasteiger partial charge in [0.15, 0.2) is 0 Å². The Bertz CT molecular complexity index is 541. The minimum Gasteiger partial charge on any atom is -0.492 e. The Morgan fingerprint density at radius 3 is 2.61 bits per heavy atom. The van der Waals surface area contributed by atoms with E-state index in [0.717, 1.165) is 43.8 Å². The molecule has 5 heteroatoms. The quantitative estimate of drug-likeness (QED) is 0.921. The number of carbonyl (C=O) groups is 1. The van der Waals surface area contributed by atoms with E-state index in [0.29, 0.717) is 19.7 Å². The van der Waals surface area contributed by atoms with Crippen molar-refractivity contribution in [3.05, 3.63) is 24.3 Å². The van der Waals surface area contributed by atoms with E-state index in [9.17, 15) is 9.90 Å². The van der Waals surface area contributed by atoms with Gasteiger partial charge in [0, 0.05) is 26.2 Å². The number of para-hydroxylation sites is 2. The highest BCUT2D eigenvalue weighted by Crippen LogP contribution is 2.30. The average Bonchev–Trinajstić information content (AvgIpc) is 3.01. The fourth-order valence-corrected chi connectivity index (χ4v) is 3.63. The number of amides is 1. The van der Waals surface area contributed by atoms with Crippen molar-refractivity contribution in [2.75, 3.05) is 37.7 Å². The van der Waals surface area contributed by atoms with Crippen LogP contribution >= 0.6 is 0 Å². The number of hydrogen-bond acceptors (Lipinski definition) is 4. The molecule has 1 saturated heterocycles. The highest BCUT2D eigenvalue weighted by Gasteiger charge is 2.35. The van der Waals surface area contributed by atoms with E-state index in [2.05, 4.69) is 11.0 Å². The highest BCUT2D eigenvalue weighted by atomic mass is 16.5. The zero-order chi connectivity index (χ0) is 16.2. The lowest BCUT2D eigenvalue weighted by Gasteiger charge is -2.38. The molecular weight excluding hydrogens is 292 g/mol. The number of anilines is 1. The molecule has 1 N–H and O–H groups in total. The summed E-state index contributed by atoms with van der Waals surface area (Å²) in [5.74, 6) is 0.853. The topological polar surface area (TPSA) is 53.0 Å². The molecule has 1 aliphatic heterocycles. The van der Waals surface area contributed by atoms with Crippen molar-refractivity contribution in [1.82, 2.24) is 4.90 Å². The fraction of sp³-hybridized carbons (Fsp3) is 0.611. The van der Waals surface area contributed by atoms with Gasteiger partial charge < -0.3 is 19.6 Å². The molecule has 0 spiro atoms. The Hall–Kier alpha value is -1.75. The summed E-state index contributed by atoms with van der Waals surface area (Å²) in [6, 6.07) is 8.06. The summed E-state index contributed by atoms with van der Waals surface area (Å²) in [6.07, 6.45) is 2.10. The number of rotatable bonds is 4. The minimum atomic E-state index is -0.445. The predicted molar refractivity (Wildman–Crippen MR) is 89.8 cm³/mol. The first-order chi connectivity index (χ1) is 11.2. The molecule has 1 heterocycles. The first-order valence-electron chi connectivity index (χ1n) is 8.64. The van der Waals surface area contributed by atoms with Crippen molar-refractivity contribution in [2.45, 2.75) is 32.3 Å². The number of hydrogen-bond donors (Lipinski definition) is 1. The van der Waals surface area contributed by atoms with Crippen LogP contribution in [-0.4, -0.2) is 54.8 Å². The molecule has 2 fully saturated rings. The maximum atomic E-state index is 12.5. The van der Waals surface area contributed by atoms with Crippen molar-refractivity contribution in [3.63, 3.8) is 0 Å². The Balaban J connectivity index is 1.61. The minimum absolute atomic E-state index is 0.132. The maximum Gasteiger partial charge on any atom is 0.228 e. The molecule has 1 aromatic carbocycles. The van der Waals surface area contributed by atoms with Gasteiger partial charge in [0.2, 0.25) is 5.91 Å². The maximum absolute atomic E-state index is 12.5. The number of aliphatic hydroxyl groups excluding tert-OH is 1. The number of nitrogens with zero attached hydrogens (tertiary/aromatic N) is 2. The molecule has 23 heavy (non-hydrogen) atoms. The lowest BCUT2D eigenvalue weighted by atomic mass is 10.0. The van der Waals surface area contributed by atoms with Gasteiger partial charge in [-0.2, -0.15) is 0 Å². The summed E-state index contributed by atoms with van der Waals surface area (Å²) >= 11 is 0. The van der Waals surface area contributed by atoms with Gasteiger partial charge in [0.25, 0.3) is 0 Å². The van der Waals surface area contributed by atoms with Gasteiger partial charge in [0.05, 0.1) is 24.3 Å². The lowest BCUT2D eigenvalue weighted by Crippen LogP contribution is -2.51. The van der Waals surface area contributed by atoms with Crippen molar-refractivity contribution < 1.29 is 14.6 Å². The Morgan fingerprint density at radius 2 is 1.96 bits per heavy atom. The van der Waals surface area contributed by atoms with Gasteiger partial charge in [-0.25, -0.2) is 0 Å². The van der Waals surface area contributed by atoms with Crippen molar-refractivity contribution >= 4 is 11.6 Å². The average molecular weight is 318 g/mol. The first-order valence-corrected chi connectivity index (χ1v) is 8.64. The van der Waals surface area contributed by atoms with Crippen LogP contribution in [0.4, 0.5) is 5.69 Å². The van der Waals surface area contributed by atoms with E-state index in [1.807, 2.05) is 30.0 Å². The van der Waals surface area contributed by atoms with Gasteiger partial charge in [0.1, 0.15) is 5.75 Å². The number of aliphatic hydroxyl groups is 1. The van der Waals surface area contributed by atoms with Gasteiger partial charge in [-0.15, -0.1) is 0 Å². The summed E-state index contributed by atoms with van der Waals surface area (Å²) in [4.78, 5) is 16.7. The van der Waals surface area contributed by atoms with Crippen LogP contribution in [0.1, 0.15) is 26.2 Å². The number of piperazine rings is 1. The van der Waals surface area contributed by atoms with Crippen molar-refractivity contribution in [1.29, 1.82) is 0 Å². The second-order valence-electron chi connectivity index (χ2n) is 6.32. The van der Waals surface area contributed by atoms with Gasteiger partial charge in [-0.05, 0) is 38.3 Å². The summed E-state index contributed by atoms with van der Waals surface area (Å²) in [6.45, 7) is 5.66. The molecule has 2 unspecified atom stereocenters. The molecule has 0 radical (unpaired) electrons. The molecule has 2 atom stereocenters. The van der Waals surface area contributed by atoms with Gasteiger partial charge >= 0.3 is 0 Å². The van der Waals surface area contributed by atoms with E-state index in [4.69, 9.17) is 4.74 Å². The molecule has 1 amide bonds. The van der Waals surface area contributed by atoms with E-state index in [1.165, 1.54) is 0 Å². The van der Waals surface area contributed by atoms with Crippen LogP contribution in [0.3, 0.4) is 0 Å². The molecule has 1 aromatic rings. The van der Waals surface area contributed by atoms with Crippen LogP contribution in [-0.2, 0) is 4.79 Å². The van der Waals surface area contributed by atoms with Crippen molar-refractivity contribution in [3.8, 4) is 5.75 Å². The highest BCUT2D eigenvalue weighted by molar-refractivity contribution is 5.80. The van der Waals surface area contributed by atoms with E-state index in [-0.39, 0.29) is 11.8 Å². The third kappa shape index (κ3) is 3.44. The summed E-state index contributed by atoms with van der Waals surface area (Å²) in [5.41, 5.74) is 1.10. The lowest BCUT2D eigenvalue weighted by molar-refractivity contribution is -0.138. The largest absolute Gasteiger partial charge is 0.492 e. The van der Waals surface area contributed by atoms with E-state index < -0.39 is 6.10 Å². The zero-order valence-electron chi connectivity index (χ0n) is 13.8. The monoisotopic (exact) mass is 318 g/mol. The van der Waals surface area contributed by atoms with Crippen LogP contribution in [0.25, 0.3) is 0 Å². The molecular formula is C18H26N2O3. The Kier molecular flexibility index (Phi) is 5.06. The predicted octanol–water partition coefficient (Wildman–Crippen LogP) is 1.89. The number of benzene rings is 1. The smallest absolute Gasteiger partial charge is 0.228 e. The summed E-state index contributed by atoms with van der Waals surface area (Å²) in [7, 11) is 0. The van der Waals surface area contributed by atoms with Crippen LogP contribution in [0.5, 0.6) is 5.75 Å². The molecule has 3 rings (SSSR count). The molecule has 126 valence electrons. The fourth-order valence-electron chi connectivity index (χ4n) is 3.63.